The number of urea groups is 1. The fraction of sp³-hybridized carbons (Fsp3) is 0.435. The lowest BCUT2D eigenvalue weighted by molar-refractivity contribution is -0.134. The van der Waals surface area contributed by atoms with Crippen molar-refractivity contribution < 1.29 is 27.2 Å². The van der Waals surface area contributed by atoms with Crippen LogP contribution in [-0.2, 0) is 31.6 Å². The van der Waals surface area contributed by atoms with Crippen LogP contribution in [0.4, 0.5) is 10.5 Å². The van der Waals surface area contributed by atoms with Gasteiger partial charge in [-0.2, -0.15) is 4.31 Å². The smallest absolute Gasteiger partial charge is 0.325 e. The van der Waals surface area contributed by atoms with E-state index in [9.17, 15) is 22.8 Å². The number of piperidine rings is 1. The highest BCUT2D eigenvalue weighted by Crippen LogP contribution is 2.33. The van der Waals surface area contributed by atoms with Gasteiger partial charge in [0.1, 0.15) is 12.3 Å². The Hall–Kier alpha value is -3.18. The molecular formula is C23H26N4O6S. The van der Waals surface area contributed by atoms with Crippen LogP contribution in [0.25, 0.3) is 0 Å². The van der Waals surface area contributed by atoms with Gasteiger partial charge in [-0.3, -0.25) is 14.5 Å². The molecule has 4 amide bonds. The average Bonchev–Trinajstić information content (AvgIpc) is 3.56. The van der Waals surface area contributed by atoms with E-state index in [1.165, 1.54) is 28.5 Å². The summed E-state index contributed by atoms with van der Waals surface area (Å²) in [5.74, 6) is -0.699. The highest BCUT2D eigenvalue weighted by Gasteiger charge is 2.51. The summed E-state index contributed by atoms with van der Waals surface area (Å²) in [4.78, 5) is 41.2. The van der Waals surface area contributed by atoms with E-state index < -0.39 is 40.0 Å². The minimum Gasteiger partial charge on any atom is -0.466 e. The molecule has 2 saturated heterocycles. The number of fused-ring (bicyclic) bond motifs is 1. The number of imide groups is 1. The lowest BCUT2D eigenvalue weighted by Crippen LogP contribution is -2.44. The summed E-state index contributed by atoms with van der Waals surface area (Å²) < 4.78 is 32.9. The Labute approximate surface area is 197 Å². The second-order valence-corrected chi connectivity index (χ2v) is 10.9. The highest BCUT2D eigenvalue weighted by atomic mass is 32.2. The summed E-state index contributed by atoms with van der Waals surface area (Å²) in [6.45, 7) is 2.50. The summed E-state index contributed by atoms with van der Waals surface area (Å²) in [5.41, 5.74) is -0.0193. The first kappa shape index (κ1) is 22.6. The van der Waals surface area contributed by atoms with E-state index in [2.05, 4.69) is 5.32 Å². The lowest BCUT2D eigenvalue weighted by Gasteiger charge is -2.26. The van der Waals surface area contributed by atoms with Crippen molar-refractivity contribution in [2.45, 2.75) is 43.0 Å². The third kappa shape index (κ3) is 3.59. The molecule has 1 aromatic carbocycles. The number of amides is 4. The molecule has 5 rings (SSSR count). The number of nitrogens with one attached hydrogen (secondary N) is 1. The molecule has 11 heteroatoms. The highest BCUT2D eigenvalue weighted by molar-refractivity contribution is 7.89. The van der Waals surface area contributed by atoms with Gasteiger partial charge in [-0.1, -0.05) is 6.42 Å². The Morgan fingerprint density at radius 3 is 2.59 bits per heavy atom. The van der Waals surface area contributed by atoms with Gasteiger partial charge in [0, 0.05) is 25.3 Å². The monoisotopic (exact) mass is 486 g/mol. The topological polar surface area (TPSA) is 120 Å². The normalized spacial score (nSPS) is 23.3. The van der Waals surface area contributed by atoms with Gasteiger partial charge >= 0.3 is 6.03 Å². The lowest BCUT2D eigenvalue weighted by atomic mass is 9.99. The predicted molar refractivity (Wildman–Crippen MR) is 121 cm³/mol. The van der Waals surface area contributed by atoms with E-state index in [1.807, 2.05) is 0 Å². The number of carbonyl (C=O) groups is 3. The van der Waals surface area contributed by atoms with Crippen LogP contribution in [0.15, 0.2) is 45.9 Å². The molecule has 0 radical (unpaired) electrons. The molecule has 4 heterocycles. The fourth-order valence-electron chi connectivity index (χ4n) is 4.84. The van der Waals surface area contributed by atoms with E-state index >= 15 is 0 Å². The molecule has 3 aliphatic rings. The first-order valence-electron chi connectivity index (χ1n) is 11.3. The molecule has 1 aromatic heterocycles. The van der Waals surface area contributed by atoms with Crippen molar-refractivity contribution in [3.05, 3.63) is 47.9 Å². The molecule has 2 aromatic rings. The molecule has 1 N–H and O–H groups in total. The van der Waals surface area contributed by atoms with Crippen molar-refractivity contribution in [1.29, 1.82) is 0 Å². The molecule has 3 aliphatic heterocycles. The van der Waals surface area contributed by atoms with Gasteiger partial charge in [-0.25, -0.2) is 13.2 Å². The zero-order valence-electron chi connectivity index (χ0n) is 18.8. The van der Waals surface area contributed by atoms with Crippen LogP contribution in [0.3, 0.4) is 0 Å². The summed E-state index contributed by atoms with van der Waals surface area (Å²) in [6.07, 6.45) is 4.65. The Kier molecular flexibility index (Phi) is 5.48. The zero-order chi connectivity index (χ0) is 24.1. The minimum absolute atomic E-state index is 0.228. The Bertz CT molecular complexity index is 1250. The number of hydrogen-bond donors (Lipinski definition) is 1. The first-order valence-corrected chi connectivity index (χ1v) is 12.8. The number of furan rings is 1. The van der Waals surface area contributed by atoms with Crippen molar-refractivity contribution in [3.8, 4) is 0 Å². The molecule has 0 aliphatic carbocycles. The van der Waals surface area contributed by atoms with Crippen LogP contribution in [0.2, 0.25) is 0 Å². The number of hydrogen-bond acceptors (Lipinski definition) is 6. The number of nitrogens with zero attached hydrogens (tertiary/aromatic N) is 3. The average molecular weight is 487 g/mol. The number of rotatable bonds is 5. The number of anilines is 1. The molecule has 2 fully saturated rings. The molecule has 0 spiro atoms. The second kappa shape index (κ2) is 8.24. The standard InChI is InChI=1S/C23H26N4O6S/c1-23(19-6-5-13-33-19)21(29)27(22(30)24-23)15-20(28)26-12-9-16-14-17(7-8-18(16)26)34(31,32)25-10-3-2-4-11-25/h5-8,13-14H,2-4,9-12,15H2,1H3,(H,24,30)/t23-/m1/s1. The largest absolute Gasteiger partial charge is 0.466 e. The number of benzene rings is 1. The summed E-state index contributed by atoms with van der Waals surface area (Å²) in [7, 11) is -3.57. The van der Waals surface area contributed by atoms with E-state index in [0.717, 1.165) is 29.7 Å². The molecule has 0 saturated carbocycles. The van der Waals surface area contributed by atoms with Gasteiger partial charge < -0.3 is 14.6 Å². The Morgan fingerprint density at radius 2 is 1.88 bits per heavy atom. The molecular weight excluding hydrogens is 460 g/mol. The van der Waals surface area contributed by atoms with Crippen LogP contribution in [0.1, 0.15) is 37.5 Å². The van der Waals surface area contributed by atoms with E-state index in [4.69, 9.17) is 4.42 Å². The van der Waals surface area contributed by atoms with Crippen molar-refractivity contribution in [2.75, 3.05) is 31.1 Å². The molecule has 0 unspecified atom stereocenters. The molecule has 1 atom stereocenters. The predicted octanol–water partition coefficient (Wildman–Crippen LogP) is 1.81. The van der Waals surface area contributed by atoms with Crippen molar-refractivity contribution in [2.24, 2.45) is 0 Å². The van der Waals surface area contributed by atoms with Gasteiger partial charge in [-0.05, 0) is 62.1 Å². The zero-order valence-corrected chi connectivity index (χ0v) is 19.6. The summed E-state index contributed by atoms with van der Waals surface area (Å²) >= 11 is 0. The number of carbonyl (C=O) groups excluding carboxylic acids is 3. The van der Waals surface area contributed by atoms with Gasteiger partial charge in [0.05, 0.1) is 11.2 Å². The maximum Gasteiger partial charge on any atom is 0.325 e. The van der Waals surface area contributed by atoms with Crippen LogP contribution in [-0.4, -0.2) is 61.6 Å². The number of sulfonamides is 1. The van der Waals surface area contributed by atoms with Gasteiger partial charge in [0.2, 0.25) is 15.9 Å². The van der Waals surface area contributed by atoms with E-state index in [-0.39, 0.29) is 10.7 Å². The van der Waals surface area contributed by atoms with Crippen LogP contribution in [0.5, 0.6) is 0 Å². The minimum atomic E-state index is -3.57. The molecule has 10 nitrogen and oxygen atoms in total. The third-order valence-corrected chi connectivity index (χ3v) is 8.68. The second-order valence-electron chi connectivity index (χ2n) is 8.97. The Balaban J connectivity index is 1.33. The third-order valence-electron chi connectivity index (χ3n) is 6.78. The van der Waals surface area contributed by atoms with Crippen molar-refractivity contribution in [1.82, 2.24) is 14.5 Å². The molecule has 180 valence electrons. The molecule has 0 bridgehead atoms. The summed E-state index contributed by atoms with van der Waals surface area (Å²) in [6, 6.07) is 7.34. The van der Waals surface area contributed by atoms with E-state index in [0.29, 0.717) is 31.7 Å². The van der Waals surface area contributed by atoms with Gasteiger partial charge in [0.15, 0.2) is 5.54 Å². The Morgan fingerprint density at radius 1 is 1.12 bits per heavy atom. The van der Waals surface area contributed by atoms with Crippen LogP contribution in [0, 0.1) is 0 Å². The van der Waals surface area contributed by atoms with Gasteiger partial charge in [0.25, 0.3) is 5.91 Å². The summed E-state index contributed by atoms with van der Waals surface area (Å²) in [5, 5.41) is 2.60. The van der Waals surface area contributed by atoms with Crippen molar-refractivity contribution >= 4 is 33.6 Å². The first-order chi connectivity index (χ1) is 16.2. The maximum absolute atomic E-state index is 13.1. The fourth-order valence-corrected chi connectivity index (χ4v) is 6.41. The van der Waals surface area contributed by atoms with Crippen LogP contribution < -0.4 is 10.2 Å². The maximum atomic E-state index is 13.1. The van der Waals surface area contributed by atoms with Crippen molar-refractivity contribution in [3.63, 3.8) is 0 Å². The van der Waals surface area contributed by atoms with E-state index in [1.54, 1.807) is 24.3 Å². The SMILES string of the molecule is C[C@]1(c2ccco2)NC(=O)N(CC(=O)N2CCc3cc(S(=O)(=O)N4CCCCC4)ccc32)C1=O. The van der Waals surface area contributed by atoms with Crippen LogP contribution >= 0.6 is 0 Å². The van der Waals surface area contributed by atoms with Gasteiger partial charge in [-0.15, -0.1) is 0 Å². The molecule has 34 heavy (non-hydrogen) atoms. The quantitative estimate of drug-likeness (QED) is 0.644.